The predicted molar refractivity (Wildman–Crippen MR) is 65.5 cm³/mol. The van der Waals surface area contributed by atoms with Crippen molar-refractivity contribution < 1.29 is 0 Å². The van der Waals surface area contributed by atoms with E-state index in [1.54, 1.807) is 0 Å². The Labute approximate surface area is 100 Å². The van der Waals surface area contributed by atoms with Crippen LogP contribution in [0.2, 0.25) is 0 Å². The summed E-state index contributed by atoms with van der Waals surface area (Å²) < 4.78 is 2.24. The van der Waals surface area contributed by atoms with Gasteiger partial charge in [0.2, 0.25) is 0 Å². The van der Waals surface area contributed by atoms with Gasteiger partial charge >= 0.3 is 0 Å². The number of aromatic nitrogens is 3. The molecule has 1 aromatic heterocycles. The number of rotatable bonds is 4. The molecule has 1 saturated carbocycles. The van der Waals surface area contributed by atoms with Crippen LogP contribution in [-0.4, -0.2) is 32.3 Å². The molecule has 1 saturated heterocycles. The van der Waals surface area contributed by atoms with E-state index >= 15 is 0 Å². The molecule has 0 radical (unpaired) electrons. The number of nitrogens with one attached hydrogen (secondary N) is 1. The van der Waals surface area contributed by atoms with E-state index in [0.717, 1.165) is 12.4 Å². The highest BCUT2D eigenvalue weighted by atomic mass is 32.2. The van der Waals surface area contributed by atoms with Gasteiger partial charge in [0.05, 0.1) is 6.54 Å². The van der Waals surface area contributed by atoms with Crippen molar-refractivity contribution in [3.63, 3.8) is 0 Å². The first-order valence-corrected chi connectivity index (χ1v) is 7.28. The quantitative estimate of drug-likeness (QED) is 0.865. The Bertz CT molecular complexity index is 342. The maximum atomic E-state index is 4.21. The Balaban J connectivity index is 1.54. The van der Waals surface area contributed by atoms with Gasteiger partial charge in [-0.1, -0.05) is 0 Å². The summed E-state index contributed by atoms with van der Waals surface area (Å²) in [5.74, 6) is 3.69. The number of hydrogen-bond acceptors (Lipinski definition) is 4. The van der Waals surface area contributed by atoms with Gasteiger partial charge in [0.1, 0.15) is 12.2 Å². The highest BCUT2D eigenvalue weighted by molar-refractivity contribution is 7.99. The van der Waals surface area contributed by atoms with Gasteiger partial charge in [-0.3, -0.25) is 0 Å². The summed E-state index contributed by atoms with van der Waals surface area (Å²) in [4.78, 5) is 0. The molecule has 1 atom stereocenters. The average Bonchev–Trinajstić information content (AvgIpc) is 3.07. The third-order valence-electron chi connectivity index (χ3n) is 3.30. The monoisotopic (exact) mass is 238 g/mol. The molecule has 1 unspecified atom stereocenters. The summed E-state index contributed by atoms with van der Waals surface area (Å²) in [5, 5.41) is 11.8. The molecule has 2 aliphatic rings. The van der Waals surface area contributed by atoms with E-state index in [0.29, 0.717) is 12.1 Å². The second-order valence-electron chi connectivity index (χ2n) is 4.68. The molecule has 2 heterocycles. The molecule has 1 aliphatic heterocycles. The fraction of sp³-hybridized carbons (Fsp3) is 0.818. The van der Waals surface area contributed by atoms with Crippen LogP contribution in [0.1, 0.15) is 37.5 Å². The molecule has 2 fully saturated rings. The van der Waals surface area contributed by atoms with Gasteiger partial charge in [0, 0.05) is 17.8 Å². The van der Waals surface area contributed by atoms with Crippen molar-refractivity contribution >= 4 is 11.8 Å². The number of nitrogens with zero attached hydrogens (tertiary/aromatic N) is 3. The normalized spacial score (nSPS) is 25.9. The molecule has 1 aliphatic carbocycles. The van der Waals surface area contributed by atoms with E-state index in [9.17, 15) is 0 Å². The number of hydrogen-bond donors (Lipinski definition) is 1. The molecule has 88 valence electrons. The summed E-state index contributed by atoms with van der Waals surface area (Å²) in [6.07, 6.45) is 7.13. The summed E-state index contributed by atoms with van der Waals surface area (Å²) in [7, 11) is 0. The highest BCUT2D eigenvalue weighted by Crippen LogP contribution is 2.35. The van der Waals surface area contributed by atoms with Crippen LogP contribution < -0.4 is 5.32 Å². The lowest BCUT2D eigenvalue weighted by molar-refractivity contribution is 0.488. The molecule has 3 rings (SSSR count). The van der Waals surface area contributed by atoms with Gasteiger partial charge in [-0.15, -0.1) is 10.2 Å². The topological polar surface area (TPSA) is 42.7 Å². The summed E-state index contributed by atoms with van der Waals surface area (Å²) in [5.41, 5.74) is 0. The van der Waals surface area contributed by atoms with Crippen LogP contribution >= 0.6 is 11.8 Å². The van der Waals surface area contributed by atoms with Crippen molar-refractivity contribution in [3.8, 4) is 0 Å². The fourth-order valence-electron chi connectivity index (χ4n) is 2.19. The molecule has 0 bridgehead atoms. The maximum Gasteiger partial charge on any atom is 0.147 e. The highest BCUT2D eigenvalue weighted by Gasteiger charge is 2.26. The molecule has 0 spiro atoms. The molecular weight excluding hydrogens is 220 g/mol. The van der Waals surface area contributed by atoms with Crippen molar-refractivity contribution in [2.75, 3.05) is 11.5 Å². The molecular formula is C11H18N4S. The van der Waals surface area contributed by atoms with Crippen LogP contribution in [0.3, 0.4) is 0 Å². The predicted octanol–water partition coefficient (Wildman–Crippen LogP) is 1.60. The average molecular weight is 238 g/mol. The van der Waals surface area contributed by atoms with Gasteiger partial charge < -0.3 is 9.88 Å². The lowest BCUT2D eigenvalue weighted by Gasteiger charge is -2.22. The molecule has 5 heteroatoms. The van der Waals surface area contributed by atoms with E-state index in [1.165, 1.54) is 37.2 Å². The molecule has 0 aromatic carbocycles. The van der Waals surface area contributed by atoms with Crippen LogP contribution in [0, 0.1) is 0 Å². The van der Waals surface area contributed by atoms with E-state index in [1.807, 2.05) is 6.33 Å². The molecule has 1 aromatic rings. The first kappa shape index (κ1) is 10.6. The van der Waals surface area contributed by atoms with Gasteiger partial charge in [0.15, 0.2) is 0 Å². The Morgan fingerprint density at radius 2 is 2.38 bits per heavy atom. The first-order valence-electron chi connectivity index (χ1n) is 6.13. The zero-order chi connectivity index (χ0) is 10.8. The van der Waals surface area contributed by atoms with Crippen molar-refractivity contribution in [3.05, 3.63) is 12.2 Å². The van der Waals surface area contributed by atoms with Crippen molar-refractivity contribution in [2.45, 2.75) is 44.3 Å². The minimum absolute atomic E-state index is 0.670. The minimum Gasteiger partial charge on any atom is -0.313 e. The van der Waals surface area contributed by atoms with Crippen LogP contribution in [0.15, 0.2) is 6.33 Å². The van der Waals surface area contributed by atoms with Crippen LogP contribution in [0.4, 0.5) is 0 Å². The van der Waals surface area contributed by atoms with Crippen LogP contribution in [0.5, 0.6) is 0 Å². The van der Waals surface area contributed by atoms with E-state index < -0.39 is 0 Å². The van der Waals surface area contributed by atoms with Crippen molar-refractivity contribution in [1.82, 2.24) is 20.1 Å². The Kier molecular flexibility index (Phi) is 3.15. The Morgan fingerprint density at radius 1 is 1.44 bits per heavy atom. The molecule has 16 heavy (non-hydrogen) atoms. The van der Waals surface area contributed by atoms with Crippen molar-refractivity contribution in [2.24, 2.45) is 0 Å². The zero-order valence-corrected chi connectivity index (χ0v) is 10.2. The van der Waals surface area contributed by atoms with Crippen LogP contribution in [-0.2, 0) is 6.54 Å². The molecule has 0 amide bonds. The third-order valence-corrected chi connectivity index (χ3v) is 4.51. The van der Waals surface area contributed by atoms with E-state index in [2.05, 4.69) is 31.8 Å². The Hall–Kier alpha value is -0.550. The standard InChI is InChI=1S/C11H18N4S/c1-2-9(7-16-5-1)12-6-11-14-13-8-15(11)10-3-4-10/h8-10,12H,1-7H2. The van der Waals surface area contributed by atoms with Gasteiger partial charge in [-0.05, 0) is 31.4 Å². The zero-order valence-electron chi connectivity index (χ0n) is 9.43. The second kappa shape index (κ2) is 4.75. The van der Waals surface area contributed by atoms with Gasteiger partial charge in [0.25, 0.3) is 0 Å². The maximum absolute atomic E-state index is 4.21. The smallest absolute Gasteiger partial charge is 0.147 e. The van der Waals surface area contributed by atoms with Gasteiger partial charge in [-0.2, -0.15) is 11.8 Å². The molecule has 4 nitrogen and oxygen atoms in total. The van der Waals surface area contributed by atoms with Crippen LogP contribution in [0.25, 0.3) is 0 Å². The molecule has 1 N–H and O–H groups in total. The lowest BCUT2D eigenvalue weighted by atomic mass is 10.2. The largest absolute Gasteiger partial charge is 0.313 e. The minimum atomic E-state index is 0.670. The Morgan fingerprint density at radius 3 is 3.12 bits per heavy atom. The van der Waals surface area contributed by atoms with E-state index in [-0.39, 0.29) is 0 Å². The SMILES string of the molecule is c1nnc(CNC2CCCSC2)n1C1CC1. The summed E-state index contributed by atoms with van der Waals surface area (Å²) in [6, 6.07) is 1.36. The summed E-state index contributed by atoms with van der Waals surface area (Å²) in [6.45, 7) is 0.877. The lowest BCUT2D eigenvalue weighted by Crippen LogP contribution is -2.34. The van der Waals surface area contributed by atoms with Crippen molar-refractivity contribution in [1.29, 1.82) is 0 Å². The number of thioether (sulfide) groups is 1. The van der Waals surface area contributed by atoms with E-state index in [4.69, 9.17) is 0 Å². The third kappa shape index (κ3) is 2.40. The van der Waals surface area contributed by atoms with Gasteiger partial charge in [-0.25, -0.2) is 0 Å². The first-order chi connectivity index (χ1) is 7.93. The summed E-state index contributed by atoms with van der Waals surface area (Å²) >= 11 is 2.06. The second-order valence-corrected chi connectivity index (χ2v) is 5.83. The fourth-order valence-corrected chi connectivity index (χ4v) is 3.29.